The number of nitrogens with two attached hydrogens (primary N) is 2. The fourth-order valence-electron chi connectivity index (χ4n) is 2.31. The fraction of sp³-hybridized carbons (Fsp3) is 0.235. The van der Waals surface area contributed by atoms with Crippen LogP contribution in [0.5, 0.6) is 11.5 Å². The van der Waals surface area contributed by atoms with E-state index in [0.29, 0.717) is 17.4 Å². The lowest BCUT2D eigenvalue weighted by molar-refractivity contribution is 0.100. The molecule has 0 fully saturated rings. The summed E-state index contributed by atoms with van der Waals surface area (Å²) in [6.45, 7) is 6.37. The second-order valence-corrected chi connectivity index (χ2v) is 5.39. The van der Waals surface area contributed by atoms with E-state index in [4.69, 9.17) is 16.2 Å². The van der Waals surface area contributed by atoms with Crippen LogP contribution in [-0.2, 0) is 0 Å². The van der Waals surface area contributed by atoms with E-state index in [2.05, 4.69) is 26.8 Å². The van der Waals surface area contributed by atoms with Gasteiger partial charge in [0, 0.05) is 5.69 Å². The van der Waals surface area contributed by atoms with Crippen molar-refractivity contribution in [3.8, 4) is 11.5 Å². The predicted octanol–water partition coefficient (Wildman–Crippen LogP) is 3.59. The Hall–Kier alpha value is -2.49. The average Bonchev–Trinajstić information content (AvgIpc) is 2.40. The summed E-state index contributed by atoms with van der Waals surface area (Å²) in [5, 5.41) is 0. The normalized spacial score (nSPS) is 10.7. The van der Waals surface area contributed by atoms with Gasteiger partial charge in [-0.2, -0.15) is 0 Å². The summed E-state index contributed by atoms with van der Waals surface area (Å²) >= 11 is 0. The molecule has 0 aliphatic heterocycles. The van der Waals surface area contributed by atoms with Gasteiger partial charge in [0.25, 0.3) is 5.91 Å². The summed E-state index contributed by atoms with van der Waals surface area (Å²) in [6, 6.07) is 10.8. The van der Waals surface area contributed by atoms with E-state index in [-0.39, 0.29) is 5.56 Å². The van der Waals surface area contributed by atoms with E-state index in [1.807, 2.05) is 12.1 Å². The van der Waals surface area contributed by atoms with Gasteiger partial charge < -0.3 is 16.2 Å². The second kappa shape index (κ2) is 5.87. The summed E-state index contributed by atoms with van der Waals surface area (Å²) in [6.07, 6.45) is 0. The molecule has 4 heteroatoms. The molecule has 0 aliphatic rings. The molecule has 0 saturated carbocycles. The Morgan fingerprint density at radius 3 is 2.29 bits per heavy atom. The van der Waals surface area contributed by atoms with Crippen LogP contribution in [0, 0.1) is 6.92 Å². The van der Waals surface area contributed by atoms with Gasteiger partial charge in [-0.1, -0.05) is 19.9 Å². The molecular weight excluding hydrogens is 264 g/mol. The zero-order valence-electron chi connectivity index (χ0n) is 12.5. The highest BCUT2D eigenvalue weighted by Gasteiger charge is 2.09. The van der Waals surface area contributed by atoms with Crippen LogP contribution in [0.1, 0.15) is 41.3 Å². The molecule has 4 N–H and O–H groups in total. The van der Waals surface area contributed by atoms with E-state index in [9.17, 15) is 4.79 Å². The van der Waals surface area contributed by atoms with Crippen molar-refractivity contribution in [2.24, 2.45) is 5.73 Å². The Kier molecular flexibility index (Phi) is 4.17. The minimum absolute atomic E-state index is 0.267. The number of carbonyl (C=O) groups excluding carboxylic acids is 1. The number of rotatable bonds is 4. The van der Waals surface area contributed by atoms with Gasteiger partial charge in [0.05, 0.1) is 5.56 Å². The van der Waals surface area contributed by atoms with Crippen LogP contribution in [0.2, 0.25) is 0 Å². The van der Waals surface area contributed by atoms with E-state index >= 15 is 0 Å². The first-order valence-electron chi connectivity index (χ1n) is 6.86. The summed E-state index contributed by atoms with van der Waals surface area (Å²) in [5.41, 5.74) is 14.1. The van der Waals surface area contributed by atoms with Gasteiger partial charge in [0.15, 0.2) is 0 Å². The maximum Gasteiger partial charge on any atom is 0.250 e. The number of primary amides is 1. The van der Waals surface area contributed by atoms with Gasteiger partial charge in [-0.05, 0) is 54.3 Å². The van der Waals surface area contributed by atoms with E-state index < -0.39 is 5.91 Å². The van der Waals surface area contributed by atoms with Crippen molar-refractivity contribution in [2.45, 2.75) is 26.7 Å². The third-order valence-corrected chi connectivity index (χ3v) is 3.39. The molecule has 0 radical (unpaired) electrons. The number of anilines is 1. The maximum atomic E-state index is 11.3. The van der Waals surface area contributed by atoms with Crippen molar-refractivity contribution < 1.29 is 9.53 Å². The predicted molar refractivity (Wildman–Crippen MR) is 84.7 cm³/mol. The van der Waals surface area contributed by atoms with Gasteiger partial charge in [0.2, 0.25) is 0 Å². The minimum atomic E-state index is -0.565. The van der Waals surface area contributed by atoms with Crippen LogP contribution < -0.4 is 16.2 Å². The Bertz CT molecular complexity index is 678. The van der Waals surface area contributed by atoms with Crippen molar-refractivity contribution >= 4 is 11.6 Å². The number of carbonyl (C=O) groups is 1. The fourth-order valence-corrected chi connectivity index (χ4v) is 2.31. The Morgan fingerprint density at radius 1 is 1.10 bits per heavy atom. The quantitative estimate of drug-likeness (QED) is 0.842. The SMILES string of the molecule is Cc1cc(Oc2ccc(N)c(C(N)=O)c2)ccc1C(C)C. The van der Waals surface area contributed by atoms with E-state index in [0.717, 1.165) is 5.75 Å². The lowest BCUT2D eigenvalue weighted by atomic mass is 9.98. The molecule has 110 valence electrons. The first-order valence-corrected chi connectivity index (χ1v) is 6.86. The first kappa shape index (κ1) is 14.9. The van der Waals surface area contributed by atoms with Crippen molar-refractivity contribution in [3.63, 3.8) is 0 Å². The van der Waals surface area contributed by atoms with E-state index in [1.165, 1.54) is 11.1 Å². The molecule has 21 heavy (non-hydrogen) atoms. The smallest absolute Gasteiger partial charge is 0.250 e. The molecule has 0 atom stereocenters. The number of hydrogen-bond donors (Lipinski definition) is 2. The molecular formula is C17H20N2O2. The van der Waals surface area contributed by atoms with Gasteiger partial charge in [-0.3, -0.25) is 4.79 Å². The number of hydrogen-bond acceptors (Lipinski definition) is 3. The summed E-state index contributed by atoms with van der Waals surface area (Å²) in [7, 11) is 0. The number of ether oxygens (including phenoxy) is 1. The highest BCUT2D eigenvalue weighted by molar-refractivity contribution is 5.98. The zero-order chi connectivity index (χ0) is 15.6. The summed E-state index contributed by atoms with van der Waals surface area (Å²) in [5.74, 6) is 1.16. The van der Waals surface area contributed by atoms with Crippen molar-refractivity contribution in [1.82, 2.24) is 0 Å². The summed E-state index contributed by atoms with van der Waals surface area (Å²) < 4.78 is 5.78. The van der Waals surface area contributed by atoms with Crippen LogP contribution in [0.25, 0.3) is 0 Å². The molecule has 0 heterocycles. The van der Waals surface area contributed by atoms with Crippen LogP contribution in [0.3, 0.4) is 0 Å². The third-order valence-electron chi connectivity index (χ3n) is 3.39. The van der Waals surface area contributed by atoms with Crippen LogP contribution in [0.15, 0.2) is 36.4 Å². The molecule has 0 bridgehead atoms. The summed E-state index contributed by atoms with van der Waals surface area (Å²) in [4.78, 5) is 11.3. The first-order chi connectivity index (χ1) is 9.88. The topological polar surface area (TPSA) is 78.3 Å². The molecule has 2 aromatic rings. The minimum Gasteiger partial charge on any atom is -0.457 e. The Balaban J connectivity index is 2.28. The molecule has 0 spiro atoms. The van der Waals surface area contributed by atoms with Gasteiger partial charge >= 0.3 is 0 Å². The zero-order valence-corrected chi connectivity index (χ0v) is 12.5. The van der Waals surface area contributed by atoms with Crippen molar-refractivity contribution in [2.75, 3.05) is 5.73 Å². The molecule has 0 saturated heterocycles. The highest BCUT2D eigenvalue weighted by atomic mass is 16.5. The van der Waals surface area contributed by atoms with Gasteiger partial charge in [-0.25, -0.2) is 0 Å². The number of amides is 1. The molecule has 0 aromatic heterocycles. The molecule has 4 nitrogen and oxygen atoms in total. The second-order valence-electron chi connectivity index (χ2n) is 5.39. The molecule has 2 rings (SSSR count). The van der Waals surface area contributed by atoms with E-state index in [1.54, 1.807) is 18.2 Å². The molecule has 0 unspecified atom stereocenters. The van der Waals surface area contributed by atoms with Crippen LogP contribution in [-0.4, -0.2) is 5.91 Å². The van der Waals surface area contributed by atoms with Gasteiger partial charge in [0.1, 0.15) is 11.5 Å². The molecule has 2 aromatic carbocycles. The van der Waals surface area contributed by atoms with Gasteiger partial charge in [-0.15, -0.1) is 0 Å². The highest BCUT2D eigenvalue weighted by Crippen LogP contribution is 2.28. The standard InChI is InChI=1S/C17H20N2O2/c1-10(2)14-6-4-12(8-11(14)3)21-13-5-7-16(18)15(9-13)17(19)20/h4-10H,18H2,1-3H3,(H2,19,20). The third kappa shape index (κ3) is 3.34. The maximum absolute atomic E-state index is 11.3. The van der Waals surface area contributed by atoms with Crippen molar-refractivity contribution in [1.29, 1.82) is 0 Å². The number of nitrogen functional groups attached to an aromatic ring is 1. The van der Waals surface area contributed by atoms with Crippen LogP contribution >= 0.6 is 0 Å². The monoisotopic (exact) mass is 284 g/mol. The Morgan fingerprint density at radius 2 is 1.71 bits per heavy atom. The molecule has 1 amide bonds. The lowest BCUT2D eigenvalue weighted by Crippen LogP contribution is -2.13. The van der Waals surface area contributed by atoms with Crippen LogP contribution in [0.4, 0.5) is 5.69 Å². The molecule has 0 aliphatic carbocycles. The lowest BCUT2D eigenvalue weighted by Gasteiger charge is -2.13. The Labute approximate surface area is 124 Å². The number of benzene rings is 2. The average molecular weight is 284 g/mol. The number of aryl methyl sites for hydroxylation is 1. The van der Waals surface area contributed by atoms with Crippen molar-refractivity contribution in [3.05, 3.63) is 53.1 Å². The largest absolute Gasteiger partial charge is 0.457 e.